The first-order valence-electron chi connectivity index (χ1n) is 10.6. The lowest BCUT2D eigenvalue weighted by Gasteiger charge is -2.33. The van der Waals surface area contributed by atoms with Gasteiger partial charge < -0.3 is 19.1 Å². The maximum absolute atomic E-state index is 12.8. The topological polar surface area (TPSA) is 82.9 Å². The second-order valence-electron chi connectivity index (χ2n) is 9.03. The van der Waals surface area contributed by atoms with Crippen LogP contribution in [0.25, 0.3) is 10.9 Å². The van der Waals surface area contributed by atoms with Crippen molar-refractivity contribution in [3.63, 3.8) is 0 Å². The summed E-state index contributed by atoms with van der Waals surface area (Å²) in [6.45, 7) is 5.53. The van der Waals surface area contributed by atoms with E-state index in [1.807, 2.05) is 20.8 Å². The summed E-state index contributed by atoms with van der Waals surface area (Å²) in [5.74, 6) is -0.781. The standard InChI is InChI=1S/C22H28F3N3O5/c1-21(2,3)33-20(30)27-9-7-14(8-10-27)11-28-12-16-17(26-28)6-5-15(19(29)31-4)18(16)32-13-22(23,24)25/h5-6,12,14H,7-11,13H2,1-4H3. The lowest BCUT2D eigenvalue weighted by molar-refractivity contribution is -0.153. The first-order valence-corrected chi connectivity index (χ1v) is 10.6. The fourth-order valence-electron chi connectivity index (χ4n) is 3.68. The second-order valence-corrected chi connectivity index (χ2v) is 9.03. The predicted molar refractivity (Wildman–Crippen MR) is 113 cm³/mol. The Hall–Kier alpha value is -2.98. The highest BCUT2D eigenvalue weighted by Gasteiger charge is 2.31. The van der Waals surface area contributed by atoms with Crippen LogP contribution in [-0.2, 0) is 16.0 Å². The molecule has 0 aliphatic carbocycles. The molecule has 1 aromatic heterocycles. The molecule has 1 aliphatic heterocycles. The van der Waals surface area contributed by atoms with Crippen LogP contribution in [0.1, 0.15) is 44.0 Å². The number of piperidine rings is 1. The first-order chi connectivity index (χ1) is 15.4. The lowest BCUT2D eigenvalue weighted by atomic mass is 9.97. The van der Waals surface area contributed by atoms with Gasteiger partial charge in [-0.3, -0.25) is 4.68 Å². The molecule has 8 nitrogen and oxygen atoms in total. The van der Waals surface area contributed by atoms with E-state index in [9.17, 15) is 22.8 Å². The Morgan fingerprint density at radius 3 is 2.39 bits per heavy atom. The molecule has 0 atom stereocenters. The van der Waals surface area contributed by atoms with Gasteiger partial charge in [-0.15, -0.1) is 0 Å². The first kappa shape index (κ1) is 24.7. The van der Waals surface area contributed by atoms with E-state index in [0.717, 1.165) is 20.0 Å². The zero-order chi connectivity index (χ0) is 24.4. The summed E-state index contributed by atoms with van der Waals surface area (Å²) in [6.07, 6.45) is -1.85. The number of amides is 1. The number of nitrogens with zero attached hydrogens (tertiary/aromatic N) is 3. The van der Waals surface area contributed by atoms with Gasteiger partial charge in [0.25, 0.3) is 0 Å². The zero-order valence-corrected chi connectivity index (χ0v) is 19.1. The van der Waals surface area contributed by atoms with Crippen LogP contribution in [0.15, 0.2) is 18.3 Å². The largest absolute Gasteiger partial charge is 0.482 e. The molecule has 0 N–H and O–H groups in total. The van der Waals surface area contributed by atoms with Crippen molar-refractivity contribution in [1.82, 2.24) is 14.7 Å². The van der Waals surface area contributed by atoms with E-state index in [4.69, 9.17) is 9.47 Å². The molecule has 0 unspecified atom stereocenters. The van der Waals surface area contributed by atoms with Crippen LogP contribution < -0.4 is 4.74 Å². The number of carbonyl (C=O) groups is 2. The van der Waals surface area contributed by atoms with E-state index in [0.29, 0.717) is 30.5 Å². The van der Waals surface area contributed by atoms with Crippen molar-refractivity contribution in [1.29, 1.82) is 0 Å². The highest BCUT2D eigenvalue weighted by Crippen LogP contribution is 2.32. The Morgan fingerprint density at radius 1 is 1.15 bits per heavy atom. The molecule has 2 aromatic rings. The Morgan fingerprint density at radius 2 is 1.82 bits per heavy atom. The highest BCUT2D eigenvalue weighted by atomic mass is 19.4. The minimum absolute atomic E-state index is 0.0977. The summed E-state index contributed by atoms with van der Waals surface area (Å²) in [5, 5.41) is 4.74. The molecule has 1 saturated heterocycles. The van der Waals surface area contributed by atoms with E-state index in [1.165, 1.54) is 6.07 Å². The Balaban J connectivity index is 1.73. The minimum atomic E-state index is -4.56. The summed E-state index contributed by atoms with van der Waals surface area (Å²) >= 11 is 0. The van der Waals surface area contributed by atoms with Crippen molar-refractivity contribution in [2.45, 2.75) is 51.9 Å². The van der Waals surface area contributed by atoms with E-state index in [2.05, 4.69) is 9.84 Å². The number of hydrogen-bond acceptors (Lipinski definition) is 6. The molecular formula is C22H28F3N3O5. The number of likely N-dealkylation sites (tertiary alicyclic amines) is 1. The maximum Gasteiger partial charge on any atom is 0.422 e. The number of methoxy groups -OCH3 is 1. The molecule has 33 heavy (non-hydrogen) atoms. The number of benzene rings is 1. The number of esters is 1. The molecule has 0 spiro atoms. The normalized spacial score (nSPS) is 15.5. The SMILES string of the molecule is COC(=O)c1ccc2nn(CC3CCN(C(=O)OC(C)(C)C)CC3)cc2c1OCC(F)(F)F. The van der Waals surface area contributed by atoms with Gasteiger partial charge in [-0.2, -0.15) is 18.3 Å². The average Bonchev–Trinajstić information content (AvgIpc) is 3.12. The third kappa shape index (κ3) is 6.52. The predicted octanol–water partition coefficient (Wildman–Crippen LogP) is 4.41. The van der Waals surface area contributed by atoms with Crippen molar-refractivity contribution < 1.29 is 37.0 Å². The third-order valence-corrected chi connectivity index (χ3v) is 5.18. The maximum atomic E-state index is 12.8. The van der Waals surface area contributed by atoms with Crippen molar-refractivity contribution in [3.05, 3.63) is 23.9 Å². The quantitative estimate of drug-likeness (QED) is 0.601. The van der Waals surface area contributed by atoms with Crippen LogP contribution in [-0.4, -0.2) is 65.3 Å². The summed E-state index contributed by atoms with van der Waals surface area (Å²) < 4.78 is 55.0. The molecule has 0 bridgehead atoms. The van der Waals surface area contributed by atoms with Gasteiger partial charge in [-0.1, -0.05) is 0 Å². The summed E-state index contributed by atoms with van der Waals surface area (Å²) in [5.41, 5.74) is -0.247. The molecule has 1 aliphatic rings. The van der Waals surface area contributed by atoms with Gasteiger partial charge in [0.15, 0.2) is 6.61 Å². The van der Waals surface area contributed by atoms with Crippen LogP contribution >= 0.6 is 0 Å². The Labute approximate surface area is 189 Å². The van der Waals surface area contributed by atoms with Gasteiger partial charge in [0.2, 0.25) is 0 Å². The molecule has 182 valence electrons. The molecule has 3 rings (SSSR count). The summed E-state index contributed by atoms with van der Waals surface area (Å²) in [6, 6.07) is 2.89. The van der Waals surface area contributed by atoms with Gasteiger partial charge in [0, 0.05) is 25.8 Å². The molecule has 2 heterocycles. The number of hydrogen-bond donors (Lipinski definition) is 0. The fourth-order valence-corrected chi connectivity index (χ4v) is 3.68. The van der Waals surface area contributed by atoms with E-state index < -0.39 is 24.4 Å². The third-order valence-electron chi connectivity index (χ3n) is 5.18. The zero-order valence-electron chi connectivity index (χ0n) is 19.1. The number of rotatable bonds is 5. The van der Waals surface area contributed by atoms with Gasteiger partial charge in [0.05, 0.1) is 18.0 Å². The number of halogens is 3. The van der Waals surface area contributed by atoms with Gasteiger partial charge in [-0.25, -0.2) is 9.59 Å². The number of ether oxygens (including phenoxy) is 3. The van der Waals surface area contributed by atoms with Gasteiger partial charge in [-0.05, 0) is 51.7 Å². The number of fused-ring (bicyclic) bond motifs is 1. The highest BCUT2D eigenvalue weighted by molar-refractivity contribution is 6.00. The molecule has 0 radical (unpaired) electrons. The van der Waals surface area contributed by atoms with Crippen LogP contribution in [0.5, 0.6) is 5.75 Å². The fraction of sp³-hybridized carbons (Fsp3) is 0.591. The molecule has 1 fully saturated rings. The van der Waals surface area contributed by atoms with Crippen LogP contribution in [0.2, 0.25) is 0 Å². The smallest absolute Gasteiger partial charge is 0.422 e. The Bertz CT molecular complexity index is 1010. The lowest BCUT2D eigenvalue weighted by Crippen LogP contribution is -2.42. The Kier molecular flexibility index (Phi) is 7.08. The molecular weight excluding hydrogens is 443 g/mol. The molecule has 1 amide bonds. The van der Waals surface area contributed by atoms with E-state index >= 15 is 0 Å². The number of aromatic nitrogens is 2. The number of carbonyl (C=O) groups excluding carboxylic acids is 2. The molecule has 0 saturated carbocycles. The number of alkyl halides is 3. The monoisotopic (exact) mass is 471 g/mol. The van der Waals surface area contributed by atoms with Crippen LogP contribution in [0.3, 0.4) is 0 Å². The van der Waals surface area contributed by atoms with Crippen molar-refractivity contribution >= 4 is 23.0 Å². The average molecular weight is 471 g/mol. The van der Waals surface area contributed by atoms with Gasteiger partial charge in [0.1, 0.15) is 16.9 Å². The molecule has 1 aromatic carbocycles. The van der Waals surface area contributed by atoms with E-state index in [1.54, 1.807) is 21.8 Å². The summed E-state index contributed by atoms with van der Waals surface area (Å²) in [4.78, 5) is 26.0. The van der Waals surface area contributed by atoms with Crippen molar-refractivity contribution in [2.75, 3.05) is 26.8 Å². The second kappa shape index (κ2) is 9.48. The minimum Gasteiger partial charge on any atom is -0.482 e. The van der Waals surface area contributed by atoms with Crippen molar-refractivity contribution in [2.24, 2.45) is 5.92 Å². The van der Waals surface area contributed by atoms with Crippen LogP contribution in [0.4, 0.5) is 18.0 Å². The van der Waals surface area contributed by atoms with Crippen molar-refractivity contribution in [3.8, 4) is 5.75 Å². The molecule has 11 heteroatoms. The van der Waals surface area contributed by atoms with E-state index in [-0.39, 0.29) is 23.3 Å². The van der Waals surface area contributed by atoms with Gasteiger partial charge >= 0.3 is 18.2 Å². The summed E-state index contributed by atoms with van der Waals surface area (Å²) in [7, 11) is 1.15. The van der Waals surface area contributed by atoms with Crippen LogP contribution in [0, 0.1) is 5.92 Å².